The fraction of sp³-hybridized carbons (Fsp3) is 0.316. The van der Waals surface area contributed by atoms with Crippen LogP contribution in [0.5, 0.6) is 11.5 Å². The highest BCUT2D eigenvalue weighted by molar-refractivity contribution is 14.1. The second-order valence-corrected chi connectivity index (χ2v) is 7.55. The molecule has 28 heavy (non-hydrogen) atoms. The zero-order valence-electron chi connectivity index (χ0n) is 15.9. The van der Waals surface area contributed by atoms with Gasteiger partial charge in [0.2, 0.25) is 0 Å². The number of halogens is 2. The summed E-state index contributed by atoms with van der Waals surface area (Å²) in [6.07, 6.45) is 0. The van der Waals surface area contributed by atoms with Gasteiger partial charge in [-0.05, 0) is 88.9 Å². The Morgan fingerprint density at radius 3 is 1.93 bits per heavy atom. The number of carbonyl (C=O) groups excluding carboxylic acids is 1. The van der Waals surface area contributed by atoms with Gasteiger partial charge in [-0.1, -0.05) is 0 Å². The van der Waals surface area contributed by atoms with E-state index in [9.17, 15) is 4.79 Å². The number of ether oxygens (including phenoxy) is 3. The minimum absolute atomic E-state index is 0.0127. The number of nitrogens with two attached hydrogens (primary N) is 2. The highest BCUT2D eigenvalue weighted by Gasteiger charge is 2.12. The predicted molar refractivity (Wildman–Crippen MR) is 127 cm³/mol. The first kappa shape index (κ1) is 24.6. The molecular formula is C19H24I2N2O5. The van der Waals surface area contributed by atoms with Gasteiger partial charge in [0, 0.05) is 11.4 Å². The summed E-state index contributed by atoms with van der Waals surface area (Å²) < 4.78 is 17.0. The van der Waals surface area contributed by atoms with E-state index >= 15 is 0 Å². The van der Waals surface area contributed by atoms with Crippen molar-refractivity contribution in [1.82, 2.24) is 0 Å². The monoisotopic (exact) mass is 614 g/mol. The molecule has 0 aliphatic carbocycles. The Labute approximate surface area is 192 Å². The van der Waals surface area contributed by atoms with Crippen molar-refractivity contribution < 1.29 is 24.1 Å². The van der Waals surface area contributed by atoms with Gasteiger partial charge in [-0.2, -0.15) is 0 Å². The minimum Gasteiger partial charge on any atom is -0.493 e. The van der Waals surface area contributed by atoms with E-state index in [1.54, 1.807) is 18.2 Å². The third-order valence-corrected chi connectivity index (χ3v) is 5.71. The van der Waals surface area contributed by atoms with E-state index in [2.05, 4.69) is 49.9 Å². The Bertz CT molecular complexity index is 815. The summed E-state index contributed by atoms with van der Waals surface area (Å²) in [4.78, 5) is 11.3. The highest BCUT2D eigenvalue weighted by atomic mass is 127. The lowest BCUT2D eigenvalue weighted by molar-refractivity contribution is 0.0600. The molecule has 0 aliphatic heterocycles. The number of methoxy groups -OCH3 is 1. The van der Waals surface area contributed by atoms with Crippen LogP contribution in [-0.2, 0) is 11.3 Å². The van der Waals surface area contributed by atoms with Crippen molar-refractivity contribution in [3.8, 4) is 11.5 Å². The minimum atomic E-state index is -0.418. The average molecular weight is 614 g/mol. The molecule has 5 N–H and O–H groups in total. The molecule has 7 nitrogen and oxygen atoms in total. The molecule has 0 unspecified atom stereocenters. The van der Waals surface area contributed by atoms with E-state index < -0.39 is 5.97 Å². The van der Waals surface area contributed by atoms with E-state index in [-0.39, 0.29) is 6.61 Å². The zero-order chi connectivity index (χ0) is 21.3. The molecule has 0 spiro atoms. The topological polar surface area (TPSA) is 117 Å². The maximum atomic E-state index is 11.3. The van der Waals surface area contributed by atoms with Gasteiger partial charge in [-0.3, -0.25) is 0 Å². The van der Waals surface area contributed by atoms with Gasteiger partial charge >= 0.3 is 5.97 Å². The summed E-state index contributed by atoms with van der Waals surface area (Å²) >= 11 is 4.21. The first-order chi connectivity index (χ1) is 13.3. The molecule has 2 rings (SSSR count). The van der Waals surface area contributed by atoms with Crippen molar-refractivity contribution >= 4 is 62.5 Å². The van der Waals surface area contributed by atoms with Crippen LogP contribution in [0.2, 0.25) is 0 Å². The molecule has 0 saturated carbocycles. The van der Waals surface area contributed by atoms with E-state index in [1.165, 1.54) is 7.11 Å². The summed E-state index contributed by atoms with van der Waals surface area (Å²) in [6.45, 7) is 4.90. The smallest absolute Gasteiger partial charge is 0.338 e. The van der Waals surface area contributed by atoms with Gasteiger partial charge in [0.05, 0.1) is 39.6 Å². The molecule has 0 fully saturated rings. The van der Waals surface area contributed by atoms with Crippen LogP contribution in [0, 0.1) is 7.14 Å². The van der Waals surface area contributed by atoms with E-state index in [4.69, 9.17) is 26.0 Å². The molecule has 2 aromatic rings. The van der Waals surface area contributed by atoms with Gasteiger partial charge in [0.1, 0.15) is 11.5 Å². The summed E-state index contributed by atoms with van der Waals surface area (Å²) in [5.41, 5.74) is 13.8. The molecule has 0 atom stereocenters. The summed E-state index contributed by atoms with van der Waals surface area (Å²) in [5.74, 6) is 0.935. The molecule has 0 amide bonds. The molecule has 0 heterocycles. The fourth-order valence-corrected chi connectivity index (χ4v) is 3.08. The van der Waals surface area contributed by atoms with Crippen LogP contribution in [0.3, 0.4) is 0 Å². The van der Waals surface area contributed by atoms with Crippen molar-refractivity contribution in [2.75, 3.05) is 31.8 Å². The van der Waals surface area contributed by atoms with Gasteiger partial charge in [0.25, 0.3) is 0 Å². The Morgan fingerprint density at radius 2 is 1.46 bits per heavy atom. The summed E-state index contributed by atoms with van der Waals surface area (Å²) in [6, 6.07) is 6.77. The van der Waals surface area contributed by atoms with Crippen LogP contribution >= 0.6 is 45.2 Å². The van der Waals surface area contributed by atoms with Crippen LogP contribution in [0.4, 0.5) is 11.4 Å². The first-order valence-electron chi connectivity index (χ1n) is 8.40. The van der Waals surface area contributed by atoms with Gasteiger partial charge in [-0.15, -0.1) is 0 Å². The second kappa shape index (κ2) is 12.2. The van der Waals surface area contributed by atoms with Crippen molar-refractivity contribution in [2.24, 2.45) is 0 Å². The normalized spacial score (nSPS) is 9.93. The lowest BCUT2D eigenvalue weighted by atomic mass is 10.2. The molecule has 0 bridgehead atoms. The molecule has 9 heteroatoms. The number of benzene rings is 2. The van der Waals surface area contributed by atoms with E-state index in [1.807, 2.05) is 19.9 Å². The Kier molecular flexibility index (Phi) is 10.7. The molecular weight excluding hydrogens is 590 g/mol. The lowest BCUT2D eigenvalue weighted by Crippen LogP contribution is -2.05. The highest BCUT2D eigenvalue weighted by Crippen LogP contribution is 2.29. The van der Waals surface area contributed by atoms with Crippen molar-refractivity contribution in [1.29, 1.82) is 0 Å². The van der Waals surface area contributed by atoms with E-state index in [0.717, 1.165) is 18.5 Å². The lowest BCUT2D eigenvalue weighted by Gasteiger charge is -2.10. The molecule has 0 aromatic heterocycles. The van der Waals surface area contributed by atoms with E-state index in [0.29, 0.717) is 35.9 Å². The van der Waals surface area contributed by atoms with Crippen LogP contribution in [-0.4, -0.2) is 31.4 Å². The van der Waals surface area contributed by atoms with Gasteiger partial charge in [-0.25, -0.2) is 4.79 Å². The number of esters is 1. The van der Waals surface area contributed by atoms with Crippen LogP contribution in [0.25, 0.3) is 0 Å². The molecule has 2 aromatic carbocycles. The van der Waals surface area contributed by atoms with Crippen LogP contribution < -0.4 is 20.9 Å². The molecule has 0 radical (unpaired) electrons. The maximum Gasteiger partial charge on any atom is 0.338 e. The van der Waals surface area contributed by atoms with Crippen molar-refractivity contribution in [3.63, 3.8) is 0 Å². The third-order valence-electron chi connectivity index (χ3n) is 3.40. The summed E-state index contributed by atoms with van der Waals surface area (Å²) in [5, 5.41) is 8.93. The second-order valence-electron chi connectivity index (χ2n) is 5.39. The molecule has 0 aliphatic rings. The first-order valence-corrected chi connectivity index (χ1v) is 10.6. The SMILES string of the molecule is CCOc1cc(C(=O)OC)cc(N)c1I.CCOc1cc(CO)cc(N)c1I. The van der Waals surface area contributed by atoms with Crippen LogP contribution in [0.1, 0.15) is 29.8 Å². The van der Waals surface area contributed by atoms with Crippen molar-refractivity contribution in [3.05, 3.63) is 42.5 Å². The Hall–Kier alpha value is -1.47. The fourth-order valence-electron chi connectivity index (χ4n) is 2.15. The molecule has 0 saturated heterocycles. The van der Waals surface area contributed by atoms with Gasteiger partial charge < -0.3 is 30.8 Å². The Balaban J connectivity index is 0.000000283. The number of nitrogen functional groups attached to an aromatic ring is 2. The number of rotatable bonds is 6. The number of anilines is 2. The Morgan fingerprint density at radius 1 is 0.964 bits per heavy atom. The number of hydrogen-bond acceptors (Lipinski definition) is 7. The maximum absolute atomic E-state index is 11.3. The summed E-state index contributed by atoms with van der Waals surface area (Å²) in [7, 11) is 1.33. The number of aliphatic hydroxyl groups is 1. The van der Waals surface area contributed by atoms with Gasteiger partial charge in [0.15, 0.2) is 0 Å². The average Bonchev–Trinajstić information content (AvgIpc) is 2.68. The number of aliphatic hydroxyl groups excluding tert-OH is 1. The molecule has 154 valence electrons. The largest absolute Gasteiger partial charge is 0.493 e. The predicted octanol–water partition coefficient (Wildman–Crippen LogP) is 3.82. The number of carbonyl (C=O) groups is 1. The van der Waals surface area contributed by atoms with Crippen molar-refractivity contribution in [2.45, 2.75) is 20.5 Å². The third kappa shape index (κ3) is 6.85. The quantitative estimate of drug-likeness (QED) is 0.258. The zero-order valence-corrected chi connectivity index (χ0v) is 20.2. The standard InChI is InChI=1S/C10H12INO3.C9H12INO2/c1-3-15-8-5-6(10(13)14-2)4-7(12)9(8)11;1-2-13-8-4-6(5-12)3-7(11)9(8)10/h4-5H,3,12H2,1-2H3;3-4,12H,2,5,11H2,1H3. The van der Waals surface area contributed by atoms with Crippen LogP contribution in [0.15, 0.2) is 24.3 Å². The number of hydrogen-bond donors (Lipinski definition) is 3.